The molecule has 1 saturated carbocycles. The van der Waals surface area contributed by atoms with Crippen molar-refractivity contribution in [2.24, 2.45) is 11.8 Å². The van der Waals surface area contributed by atoms with E-state index in [1.165, 1.54) is 4.90 Å². The Morgan fingerprint density at radius 3 is 2.29 bits per heavy atom. The molecule has 0 aromatic carbocycles. The van der Waals surface area contributed by atoms with Crippen LogP contribution in [-0.2, 0) is 9.59 Å². The number of carbonyl (C=O) groups excluding carboxylic acids is 2. The highest BCUT2D eigenvalue weighted by Crippen LogP contribution is 2.39. The number of halogens is 1. The number of hydrogen-bond acceptors (Lipinski definition) is 2. The number of nitrogens with zero attached hydrogens (tertiary/aromatic N) is 1. The maximum atomic E-state index is 11.8. The zero-order valence-electron chi connectivity index (χ0n) is 8.04. The average molecular weight is 216 g/mol. The lowest BCUT2D eigenvalue weighted by atomic mass is 10.00. The van der Waals surface area contributed by atoms with E-state index < -0.39 is 0 Å². The molecule has 2 amide bonds. The highest BCUT2D eigenvalue weighted by atomic mass is 35.5. The fourth-order valence-electron chi connectivity index (χ4n) is 2.50. The van der Waals surface area contributed by atoms with Crippen LogP contribution in [0.2, 0.25) is 0 Å². The second-order valence-corrected chi connectivity index (χ2v) is 4.39. The van der Waals surface area contributed by atoms with Gasteiger partial charge in [-0.05, 0) is 19.3 Å². The van der Waals surface area contributed by atoms with Gasteiger partial charge in [0.1, 0.15) is 0 Å². The first-order chi connectivity index (χ1) is 6.75. The van der Waals surface area contributed by atoms with E-state index in [1.807, 2.05) is 0 Å². The summed E-state index contributed by atoms with van der Waals surface area (Å²) in [6, 6.07) is 0. The molecule has 78 valence electrons. The van der Waals surface area contributed by atoms with Gasteiger partial charge in [-0.25, -0.2) is 0 Å². The van der Waals surface area contributed by atoms with Crippen molar-refractivity contribution in [1.29, 1.82) is 0 Å². The number of carbonyl (C=O) groups is 2. The smallest absolute Gasteiger partial charge is 0.233 e. The SMILES string of the molecule is O=C1C2CCCC2C(=O)N1CCCCl. The Bertz CT molecular complexity index is 245. The molecule has 2 unspecified atom stereocenters. The van der Waals surface area contributed by atoms with Gasteiger partial charge in [-0.3, -0.25) is 14.5 Å². The van der Waals surface area contributed by atoms with E-state index in [4.69, 9.17) is 11.6 Å². The predicted molar refractivity (Wildman–Crippen MR) is 52.9 cm³/mol. The van der Waals surface area contributed by atoms with Gasteiger partial charge in [-0.2, -0.15) is 0 Å². The lowest BCUT2D eigenvalue weighted by Crippen LogP contribution is -2.32. The van der Waals surface area contributed by atoms with Crippen LogP contribution in [0.5, 0.6) is 0 Å². The van der Waals surface area contributed by atoms with Gasteiger partial charge < -0.3 is 0 Å². The molecule has 0 spiro atoms. The summed E-state index contributed by atoms with van der Waals surface area (Å²) in [4.78, 5) is 24.9. The van der Waals surface area contributed by atoms with E-state index in [0.717, 1.165) is 19.3 Å². The average Bonchev–Trinajstić information content (AvgIpc) is 2.72. The van der Waals surface area contributed by atoms with Crippen LogP contribution in [0.4, 0.5) is 0 Å². The maximum Gasteiger partial charge on any atom is 0.233 e. The molecule has 1 aliphatic carbocycles. The summed E-state index contributed by atoms with van der Waals surface area (Å²) >= 11 is 5.55. The van der Waals surface area contributed by atoms with Crippen molar-refractivity contribution in [2.45, 2.75) is 25.7 Å². The zero-order valence-corrected chi connectivity index (χ0v) is 8.79. The number of amides is 2. The molecule has 1 heterocycles. The summed E-state index contributed by atoms with van der Waals surface area (Å²) < 4.78 is 0. The Kier molecular flexibility index (Phi) is 2.77. The second-order valence-electron chi connectivity index (χ2n) is 4.01. The van der Waals surface area contributed by atoms with Crippen LogP contribution in [0.15, 0.2) is 0 Å². The maximum absolute atomic E-state index is 11.8. The molecule has 0 radical (unpaired) electrons. The van der Waals surface area contributed by atoms with Gasteiger partial charge in [-0.1, -0.05) is 6.42 Å². The zero-order chi connectivity index (χ0) is 10.1. The van der Waals surface area contributed by atoms with Crippen LogP contribution in [0.1, 0.15) is 25.7 Å². The van der Waals surface area contributed by atoms with Gasteiger partial charge in [0.25, 0.3) is 0 Å². The van der Waals surface area contributed by atoms with Gasteiger partial charge in [0.05, 0.1) is 11.8 Å². The molecule has 0 bridgehead atoms. The Balaban J connectivity index is 2.06. The van der Waals surface area contributed by atoms with Crippen LogP contribution in [0, 0.1) is 11.8 Å². The quantitative estimate of drug-likeness (QED) is 0.527. The third kappa shape index (κ3) is 1.44. The molecular weight excluding hydrogens is 202 g/mol. The molecule has 0 aromatic rings. The first-order valence-corrected chi connectivity index (χ1v) is 5.70. The molecule has 14 heavy (non-hydrogen) atoms. The van der Waals surface area contributed by atoms with E-state index in [9.17, 15) is 9.59 Å². The van der Waals surface area contributed by atoms with Crippen LogP contribution in [0.3, 0.4) is 0 Å². The third-order valence-corrected chi connectivity index (χ3v) is 3.47. The Morgan fingerprint density at radius 2 is 1.79 bits per heavy atom. The fourth-order valence-corrected chi connectivity index (χ4v) is 2.62. The number of imide groups is 1. The van der Waals surface area contributed by atoms with Gasteiger partial charge in [0.15, 0.2) is 0 Å². The van der Waals surface area contributed by atoms with E-state index in [2.05, 4.69) is 0 Å². The highest BCUT2D eigenvalue weighted by Gasteiger charge is 2.49. The molecule has 1 saturated heterocycles. The van der Waals surface area contributed by atoms with Gasteiger partial charge in [0.2, 0.25) is 11.8 Å². The number of alkyl halides is 1. The van der Waals surface area contributed by atoms with Crippen molar-refractivity contribution >= 4 is 23.4 Å². The minimum Gasteiger partial charge on any atom is -0.282 e. The van der Waals surface area contributed by atoms with Gasteiger partial charge in [-0.15, -0.1) is 11.6 Å². The normalized spacial score (nSPS) is 31.4. The molecule has 2 fully saturated rings. The highest BCUT2D eigenvalue weighted by molar-refractivity contribution is 6.17. The minimum atomic E-state index is -0.00201. The minimum absolute atomic E-state index is 0.00201. The molecule has 3 nitrogen and oxygen atoms in total. The molecule has 2 aliphatic rings. The molecule has 0 aromatic heterocycles. The first kappa shape index (κ1) is 9.97. The van der Waals surface area contributed by atoms with Crippen LogP contribution in [-0.4, -0.2) is 29.1 Å². The van der Waals surface area contributed by atoms with E-state index >= 15 is 0 Å². The number of rotatable bonds is 3. The lowest BCUT2D eigenvalue weighted by Gasteiger charge is -2.14. The van der Waals surface area contributed by atoms with Crippen molar-refractivity contribution < 1.29 is 9.59 Å². The molecule has 2 atom stereocenters. The molecular formula is C10H14ClNO2. The van der Waals surface area contributed by atoms with Crippen molar-refractivity contribution in [1.82, 2.24) is 4.90 Å². The Morgan fingerprint density at radius 1 is 1.21 bits per heavy atom. The first-order valence-electron chi connectivity index (χ1n) is 5.17. The van der Waals surface area contributed by atoms with Gasteiger partial charge in [0, 0.05) is 12.4 Å². The molecule has 4 heteroatoms. The molecule has 2 rings (SSSR count). The van der Waals surface area contributed by atoms with Crippen LogP contribution < -0.4 is 0 Å². The largest absolute Gasteiger partial charge is 0.282 e. The summed E-state index contributed by atoms with van der Waals surface area (Å²) in [7, 11) is 0. The number of fused-ring (bicyclic) bond motifs is 1. The lowest BCUT2D eigenvalue weighted by molar-refractivity contribution is -0.140. The van der Waals surface area contributed by atoms with Crippen molar-refractivity contribution in [3.63, 3.8) is 0 Å². The molecule has 0 N–H and O–H groups in total. The number of likely N-dealkylation sites (tertiary alicyclic amines) is 1. The number of hydrogen-bond donors (Lipinski definition) is 0. The van der Waals surface area contributed by atoms with Crippen molar-refractivity contribution in [3.8, 4) is 0 Å². The summed E-state index contributed by atoms with van der Waals surface area (Å²) in [5.74, 6) is 0.590. The fraction of sp³-hybridized carbons (Fsp3) is 0.800. The van der Waals surface area contributed by atoms with E-state index in [1.54, 1.807) is 0 Å². The summed E-state index contributed by atoms with van der Waals surface area (Å²) in [6.45, 7) is 0.508. The standard InChI is InChI=1S/C10H14ClNO2/c11-5-2-6-12-9(13)7-3-1-4-8(7)10(12)14/h7-8H,1-6H2. The Labute approximate surface area is 88.4 Å². The second kappa shape index (κ2) is 3.89. The summed E-state index contributed by atoms with van der Waals surface area (Å²) in [5.41, 5.74) is 0. The van der Waals surface area contributed by atoms with Crippen molar-refractivity contribution in [2.75, 3.05) is 12.4 Å². The Hall–Kier alpha value is -0.570. The van der Waals surface area contributed by atoms with Crippen LogP contribution in [0.25, 0.3) is 0 Å². The third-order valence-electron chi connectivity index (χ3n) is 3.20. The van der Waals surface area contributed by atoms with Crippen molar-refractivity contribution in [3.05, 3.63) is 0 Å². The summed E-state index contributed by atoms with van der Waals surface area (Å²) in [6.07, 6.45) is 3.52. The predicted octanol–water partition coefficient (Wildman–Crippen LogP) is 1.40. The van der Waals surface area contributed by atoms with Crippen LogP contribution >= 0.6 is 11.6 Å². The topological polar surface area (TPSA) is 37.4 Å². The summed E-state index contributed by atoms with van der Waals surface area (Å²) in [5, 5.41) is 0. The monoisotopic (exact) mass is 215 g/mol. The van der Waals surface area contributed by atoms with Gasteiger partial charge >= 0.3 is 0 Å². The van der Waals surface area contributed by atoms with E-state index in [0.29, 0.717) is 18.8 Å². The van der Waals surface area contributed by atoms with E-state index in [-0.39, 0.29) is 23.7 Å². The molecule has 1 aliphatic heterocycles.